The number of nitrogens with zero attached hydrogens (tertiary/aromatic N) is 2. The van der Waals surface area contributed by atoms with Crippen LogP contribution in [0.4, 0.5) is 0 Å². The fraction of sp³-hybridized carbons (Fsp3) is 0.550. The van der Waals surface area contributed by atoms with Crippen molar-refractivity contribution in [2.75, 3.05) is 0 Å². The van der Waals surface area contributed by atoms with Crippen LogP contribution in [-0.4, -0.2) is 9.55 Å². The second-order valence-corrected chi connectivity index (χ2v) is 7.82. The Labute approximate surface area is 156 Å². The molecule has 2 aliphatic rings. The van der Waals surface area contributed by atoms with Gasteiger partial charge in [-0.25, -0.2) is 4.98 Å². The third-order valence-electron chi connectivity index (χ3n) is 6.18. The van der Waals surface area contributed by atoms with Crippen LogP contribution in [0, 0.1) is 5.92 Å². The molecule has 2 aromatic rings. The van der Waals surface area contributed by atoms with Crippen molar-refractivity contribution in [3.8, 4) is 0 Å². The quantitative estimate of drug-likeness (QED) is 0.690. The maximum Gasteiger partial charge on any atom is 0.0945 e. The fourth-order valence-electron chi connectivity index (χ4n) is 5.05. The van der Waals surface area contributed by atoms with Crippen LogP contribution in [0.5, 0.6) is 0 Å². The molecule has 2 aliphatic carbocycles. The second kappa shape index (κ2) is 7.09. The molecule has 0 unspecified atom stereocenters. The molecule has 0 N–H and O–H groups in total. The average Bonchev–Trinajstić information content (AvgIpc) is 3.09. The first-order chi connectivity index (χ1) is 11.2. The van der Waals surface area contributed by atoms with Crippen molar-refractivity contribution in [2.24, 2.45) is 5.92 Å². The molecule has 0 fully saturated rings. The van der Waals surface area contributed by atoms with Crippen LogP contribution in [-0.2, 0) is 24.8 Å². The van der Waals surface area contributed by atoms with Gasteiger partial charge in [-0.15, -0.1) is 12.4 Å². The lowest BCUT2D eigenvalue weighted by molar-refractivity contribution is 0.229. The van der Waals surface area contributed by atoms with Crippen LogP contribution in [0.3, 0.4) is 0 Å². The predicted molar refractivity (Wildman–Crippen MR) is 102 cm³/mol. The van der Waals surface area contributed by atoms with E-state index in [0.717, 1.165) is 23.9 Å². The van der Waals surface area contributed by atoms with Crippen LogP contribution >= 0.6 is 24.0 Å². The third-order valence-corrected chi connectivity index (χ3v) is 6.53. The lowest BCUT2D eigenvalue weighted by atomic mass is 9.58. The van der Waals surface area contributed by atoms with Gasteiger partial charge in [0.15, 0.2) is 0 Å². The van der Waals surface area contributed by atoms with Crippen LogP contribution in [0.15, 0.2) is 30.9 Å². The van der Waals surface area contributed by atoms with E-state index in [1.54, 1.807) is 11.1 Å². The minimum absolute atomic E-state index is 0. The summed E-state index contributed by atoms with van der Waals surface area (Å²) in [4.78, 5) is 4.16. The first kappa shape index (κ1) is 17.8. The molecule has 0 saturated carbocycles. The molecule has 130 valence electrons. The highest BCUT2D eigenvalue weighted by Gasteiger charge is 2.42. The smallest absolute Gasteiger partial charge is 0.0945 e. The van der Waals surface area contributed by atoms with E-state index < -0.39 is 0 Å². The number of hydrogen-bond acceptors (Lipinski definition) is 1. The lowest BCUT2D eigenvalue weighted by Gasteiger charge is -2.46. The van der Waals surface area contributed by atoms with Gasteiger partial charge < -0.3 is 4.57 Å². The first-order valence-corrected chi connectivity index (χ1v) is 9.36. The minimum Gasteiger partial charge on any atom is -0.337 e. The van der Waals surface area contributed by atoms with Crippen LogP contribution in [0.1, 0.15) is 55.7 Å². The van der Waals surface area contributed by atoms with E-state index in [0.29, 0.717) is 5.41 Å². The fourth-order valence-corrected chi connectivity index (χ4v) is 5.29. The van der Waals surface area contributed by atoms with Gasteiger partial charge in [0.1, 0.15) is 0 Å². The van der Waals surface area contributed by atoms with E-state index in [1.807, 2.05) is 12.5 Å². The molecule has 2 atom stereocenters. The van der Waals surface area contributed by atoms with Gasteiger partial charge in [-0.3, -0.25) is 0 Å². The summed E-state index contributed by atoms with van der Waals surface area (Å²) in [6, 6.07) is 4.43. The van der Waals surface area contributed by atoms with Gasteiger partial charge in [0, 0.05) is 24.0 Å². The van der Waals surface area contributed by atoms with Gasteiger partial charge >= 0.3 is 0 Å². The van der Waals surface area contributed by atoms with E-state index in [-0.39, 0.29) is 12.4 Å². The van der Waals surface area contributed by atoms with Crippen molar-refractivity contribution in [2.45, 2.75) is 63.8 Å². The summed E-state index contributed by atoms with van der Waals surface area (Å²) >= 11 is 6.63. The molecule has 1 aromatic heterocycles. The van der Waals surface area contributed by atoms with E-state index in [2.05, 4.69) is 34.8 Å². The molecule has 0 amide bonds. The van der Waals surface area contributed by atoms with E-state index in [4.69, 9.17) is 11.6 Å². The SMILES string of the molecule is CC[C@@]12CCCc3ccc(Cl)c(c31)C[C@H](CCn1ccnc1)C2.Cl. The minimum atomic E-state index is 0. The highest BCUT2D eigenvalue weighted by molar-refractivity contribution is 6.31. The third kappa shape index (κ3) is 2.99. The molecule has 0 spiro atoms. The van der Waals surface area contributed by atoms with Crippen molar-refractivity contribution >= 4 is 24.0 Å². The zero-order valence-corrected chi connectivity index (χ0v) is 15.9. The van der Waals surface area contributed by atoms with Crippen molar-refractivity contribution in [3.05, 3.63) is 52.6 Å². The molecule has 2 nitrogen and oxygen atoms in total. The van der Waals surface area contributed by atoms with E-state index >= 15 is 0 Å². The summed E-state index contributed by atoms with van der Waals surface area (Å²) in [6.07, 6.45) is 14.7. The molecular weight excluding hydrogens is 339 g/mol. The highest BCUT2D eigenvalue weighted by Crippen LogP contribution is 2.52. The maximum atomic E-state index is 6.63. The number of rotatable bonds is 4. The Kier molecular flexibility index (Phi) is 5.27. The van der Waals surface area contributed by atoms with Crippen LogP contribution in [0.25, 0.3) is 0 Å². The topological polar surface area (TPSA) is 17.8 Å². The van der Waals surface area contributed by atoms with Crippen molar-refractivity contribution in [3.63, 3.8) is 0 Å². The van der Waals surface area contributed by atoms with Crippen LogP contribution < -0.4 is 0 Å². The maximum absolute atomic E-state index is 6.63. The van der Waals surface area contributed by atoms with Gasteiger partial charge in [-0.2, -0.15) is 0 Å². The van der Waals surface area contributed by atoms with Gasteiger partial charge in [-0.05, 0) is 79.0 Å². The largest absolute Gasteiger partial charge is 0.337 e. The summed E-state index contributed by atoms with van der Waals surface area (Å²) in [5.41, 5.74) is 5.06. The Hall–Kier alpha value is -0.990. The monoisotopic (exact) mass is 364 g/mol. The normalized spacial score (nSPS) is 25.0. The molecular formula is C20H26Cl2N2. The zero-order chi connectivity index (χ0) is 15.9. The number of aromatic nitrogens is 2. The Morgan fingerprint density at radius 1 is 1.38 bits per heavy atom. The van der Waals surface area contributed by atoms with Gasteiger partial charge in [-0.1, -0.05) is 24.6 Å². The first-order valence-electron chi connectivity index (χ1n) is 8.98. The number of benzene rings is 1. The second-order valence-electron chi connectivity index (χ2n) is 7.41. The highest BCUT2D eigenvalue weighted by atomic mass is 35.5. The summed E-state index contributed by atoms with van der Waals surface area (Å²) in [6.45, 7) is 3.44. The Morgan fingerprint density at radius 2 is 2.25 bits per heavy atom. The van der Waals surface area contributed by atoms with Gasteiger partial charge in [0.2, 0.25) is 0 Å². The molecule has 4 rings (SSSR count). The van der Waals surface area contributed by atoms with Gasteiger partial charge in [0.25, 0.3) is 0 Å². The standard InChI is InChI=1S/C20H25ClN2.ClH/c1-2-20-8-3-4-16-5-6-18(21)17(19(16)20)12-15(13-20)7-10-23-11-9-22-14-23;/h5-6,9,11,14-15H,2-4,7-8,10,12-13H2,1H3;1H/t15-,20-;/m0./s1. The Morgan fingerprint density at radius 3 is 3.00 bits per heavy atom. The molecule has 0 radical (unpaired) electrons. The summed E-state index contributed by atoms with van der Waals surface area (Å²) in [5.74, 6) is 0.732. The predicted octanol–water partition coefficient (Wildman–Crippen LogP) is 5.60. The summed E-state index contributed by atoms with van der Waals surface area (Å²) in [7, 11) is 0. The summed E-state index contributed by atoms with van der Waals surface area (Å²) in [5, 5.41) is 0.996. The molecule has 1 heterocycles. The number of imidazole rings is 1. The van der Waals surface area contributed by atoms with Gasteiger partial charge in [0.05, 0.1) is 6.33 Å². The lowest BCUT2D eigenvalue weighted by Crippen LogP contribution is -2.38. The van der Waals surface area contributed by atoms with Crippen LogP contribution in [0.2, 0.25) is 5.02 Å². The summed E-state index contributed by atoms with van der Waals surface area (Å²) < 4.78 is 2.20. The average molecular weight is 365 g/mol. The molecule has 0 saturated heterocycles. The number of halogens is 2. The molecule has 4 heteroatoms. The molecule has 24 heavy (non-hydrogen) atoms. The van der Waals surface area contributed by atoms with Crippen molar-refractivity contribution < 1.29 is 0 Å². The van der Waals surface area contributed by atoms with Crippen molar-refractivity contribution in [1.82, 2.24) is 9.55 Å². The van der Waals surface area contributed by atoms with E-state index in [1.165, 1.54) is 44.1 Å². The molecule has 1 aromatic carbocycles. The van der Waals surface area contributed by atoms with E-state index in [9.17, 15) is 0 Å². The Balaban J connectivity index is 0.00000169. The Bertz CT molecular complexity index is 696. The zero-order valence-electron chi connectivity index (χ0n) is 14.3. The molecule has 0 aliphatic heterocycles. The number of aryl methyl sites for hydroxylation is 2. The molecule has 0 bridgehead atoms. The number of hydrogen-bond donors (Lipinski definition) is 0. The van der Waals surface area contributed by atoms with Crippen molar-refractivity contribution in [1.29, 1.82) is 0 Å².